The van der Waals surface area contributed by atoms with Crippen molar-refractivity contribution in [1.82, 2.24) is 4.90 Å². The Bertz CT molecular complexity index is 586. The van der Waals surface area contributed by atoms with Crippen LogP contribution in [-0.2, 0) is 6.54 Å². The van der Waals surface area contributed by atoms with E-state index in [1.807, 2.05) is 30.3 Å². The van der Waals surface area contributed by atoms with E-state index in [0.29, 0.717) is 11.4 Å². The normalized spacial score (nSPS) is 10.3. The first-order valence-corrected chi connectivity index (χ1v) is 6.30. The van der Waals surface area contributed by atoms with Gasteiger partial charge in [-0.15, -0.1) is 12.6 Å². The van der Waals surface area contributed by atoms with Gasteiger partial charge < -0.3 is 4.90 Å². The van der Waals surface area contributed by atoms with E-state index in [1.165, 1.54) is 23.1 Å². The molecule has 2 rings (SSSR count). The summed E-state index contributed by atoms with van der Waals surface area (Å²) < 4.78 is 13.6. The summed E-state index contributed by atoms with van der Waals surface area (Å²) >= 11 is 4.13. The molecule has 0 bridgehead atoms. The molecule has 98 valence electrons. The Hall–Kier alpha value is -1.81. The average Bonchev–Trinajstić information content (AvgIpc) is 2.42. The molecule has 0 fully saturated rings. The first-order chi connectivity index (χ1) is 9.08. The monoisotopic (exact) mass is 275 g/mol. The van der Waals surface area contributed by atoms with E-state index >= 15 is 0 Å². The van der Waals surface area contributed by atoms with Crippen LogP contribution in [-0.4, -0.2) is 17.9 Å². The number of carbonyl (C=O) groups is 1. The summed E-state index contributed by atoms with van der Waals surface area (Å²) in [5, 5.41) is 0. The first-order valence-electron chi connectivity index (χ1n) is 5.86. The summed E-state index contributed by atoms with van der Waals surface area (Å²) in [6.45, 7) is 0.440. The summed E-state index contributed by atoms with van der Waals surface area (Å²) in [6.07, 6.45) is 0. The zero-order valence-electron chi connectivity index (χ0n) is 10.5. The minimum absolute atomic E-state index is 0.0472. The van der Waals surface area contributed by atoms with Crippen LogP contribution in [0.1, 0.15) is 15.9 Å². The maximum atomic E-state index is 13.6. The van der Waals surface area contributed by atoms with Crippen LogP contribution in [0.4, 0.5) is 4.39 Å². The topological polar surface area (TPSA) is 20.3 Å². The molecule has 0 saturated carbocycles. The molecule has 0 spiro atoms. The Morgan fingerprint density at radius 1 is 1.21 bits per heavy atom. The third-order valence-electron chi connectivity index (χ3n) is 2.79. The number of thiol groups is 1. The fraction of sp³-hybridized carbons (Fsp3) is 0.133. The van der Waals surface area contributed by atoms with E-state index < -0.39 is 5.82 Å². The fourth-order valence-corrected chi connectivity index (χ4v) is 2.02. The number of nitrogens with zero attached hydrogens (tertiary/aromatic N) is 1. The molecular weight excluding hydrogens is 261 g/mol. The number of carbonyl (C=O) groups excluding carboxylic acids is 1. The van der Waals surface area contributed by atoms with Gasteiger partial charge in [0.25, 0.3) is 5.91 Å². The molecule has 2 nitrogen and oxygen atoms in total. The summed E-state index contributed by atoms with van der Waals surface area (Å²) in [4.78, 5) is 14.2. The van der Waals surface area contributed by atoms with Gasteiger partial charge in [-0.2, -0.15) is 0 Å². The zero-order valence-corrected chi connectivity index (χ0v) is 11.4. The van der Waals surface area contributed by atoms with Crippen molar-refractivity contribution in [3.05, 3.63) is 65.5 Å². The molecular formula is C15H14FNOS. The van der Waals surface area contributed by atoms with Gasteiger partial charge in [0.05, 0.1) is 5.56 Å². The van der Waals surface area contributed by atoms with Gasteiger partial charge in [0.15, 0.2) is 0 Å². The van der Waals surface area contributed by atoms with Gasteiger partial charge in [0.1, 0.15) is 5.82 Å². The molecule has 0 aromatic heterocycles. The second-order valence-corrected chi connectivity index (χ2v) is 4.83. The highest BCUT2D eigenvalue weighted by Gasteiger charge is 2.16. The predicted octanol–water partition coefficient (Wildman–Crippen LogP) is 3.39. The van der Waals surface area contributed by atoms with Crippen LogP contribution >= 0.6 is 12.6 Å². The second-order valence-electron chi connectivity index (χ2n) is 4.31. The summed E-state index contributed by atoms with van der Waals surface area (Å²) in [5.74, 6) is -0.875. The molecule has 0 unspecified atom stereocenters. The molecule has 4 heteroatoms. The highest BCUT2D eigenvalue weighted by Crippen LogP contribution is 2.16. The van der Waals surface area contributed by atoms with Crippen LogP contribution in [0.25, 0.3) is 0 Å². The van der Waals surface area contributed by atoms with E-state index in [0.717, 1.165) is 5.56 Å². The Labute approximate surface area is 117 Å². The number of amides is 1. The van der Waals surface area contributed by atoms with Crippen molar-refractivity contribution in [2.75, 3.05) is 7.05 Å². The number of benzene rings is 2. The van der Waals surface area contributed by atoms with Crippen LogP contribution in [0.5, 0.6) is 0 Å². The number of rotatable bonds is 3. The third kappa shape index (κ3) is 3.35. The lowest BCUT2D eigenvalue weighted by molar-refractivity contribution is 0.0780. The van der Waals surface area contributed by atoms with Crippen molar-refractivity contribution in [1.29, 1.82) is 0 Å². The van der Waals surface area contributed by atoms with Crippen LogP contribution in [0, 0.1) is 5.82 Å². The summed E-state index contributed by atoms with van der Waals surface area (Å²) in [7, 11) is 1.65. The highest BCUT2D eigenvalue weighted by atomic mass is 32.1. The lowest BCUT2D eigenvalue weighted by Crippen LogP contribution is -2.27. The first kappa shape index (κ1) is 13.6. The number of hydrogen-bond donors (Lipinski definition) is 1. The Morgan fingerprint density at radius 3 is 2.58 bits per heavy atom. The van der Waals surface area contributed by atoms with Gasteiger partial charge >= 0.3 is 0 Å². The van der Waals surface area contributed by atoms with E-state index in [4.69, 9.17) is 0 Å². The summed E-state index contributed by atoms with van der Waals surface area (Å²) in [5.41, 5.74) is 1.05. The largest absolute Gasteiger partial charge is 0.337 e. The lowest BCUT2D eigenvalue weighted by Gasteiger charge is -2.17. The molecule has 0 N–H and O–H groups in total. The van der Waals surface area contributed by atoms with E-state index in [9.17, 15) is 9.18 Å². The van der Waals surface area contributed by atoms with Gasteiger partial charge in [-0.1, -0.05) is 30.3 Å². The zero-order chi connectivity index (χ0) is 13.8. The van der Waals surface area contributed by atoms with Crippen LogP contribution in [0.15, 0.2) is 53.4 Å². The molecule has 19 heavy (non-hydrogen) atoms. The SMILES string of the molecule is CN(Cc1ccccc1)C(=O)c1cc(S)ccc1F. The Balaban J connectivity index is 2.17. The number of hydrogen-bond acceptors (Lipinski definition) is 2. The van der Waals surface area contributed by atoms with Crippen molar-refractivity contribution < 1.29 is 9.18 Å². The quantitative estimate of drug-likeness (QED) is 0.851. The van der Waals surface area contributed by atoms with Crippen molar-refractivity contribution in [3.63, 3.8) is 0 Å². The molecule has 0 aliphatic rings. The maximum absolute atomic E-state index is 13.6. The van der Waals surface area contributed by atoms with E-state index in [-0.39, 0.29) is 11.5 Å². The van der Waals surface area contributed by atoms with Crippen molar-refractivity contribution in [2.24, 2.45) is 0 Å². The molecule has 0 radical (unpaired) electrons. The molecule has 0 atom stereocenters. The van der Waals surface area contributed by atoms with E-state index in [1.54, 1.807) is 7.05 Å². The minimum atomic E-state index is -0.525. The summed E-state index contributed by atoms with van der Waals surface area (Å²) in [6, 6.07) is 13.8. The fourth-order valence-electron chi connectivity index (χ4n) is 1.81. The molecule has 0 heterocycles. The van der Waals surface area contributed by atoms with Gasteiger partial charge in [-0.05, 0) is 23.8 Å². The predicted molar refractivity (Wildman–Crippen MR) is 75.9 cm³/mol. The molecule has 1 amide bonds. The van der Waals surface area contributed by atoms with Crippen molar-refractivity contribution in [2.45, 2.75) is 11.4 Å². The van der Waals surface area contributed by atoms with Gasteiger partial charge in [-0.25, -0.2) is 4.39 Å². The smallest absolute Gasteiger partial charge is 0.256 e. The molecule has 0 aliphatic heterocycles. The van der Waals surface area contributed by atoms with Gasteiger partial charge in [0.2, 0.25) is 0 Å². The minimum Gasteiger partial charge on any atom is -0.337 e. The van der Waals surface area contributed by atoms with Crippen LogP contribution in [0.3, 0.4) is 0 Å². The van der Waals surface area contributed by atoms with Crippen molar-refractivity contribution >= 4 is 18.5 Å². The molecule has 2 aromatic carbocycles. The number of halogens is 1. The molecule has 0 aliphatic carbocycles. The Kier molecular flexibility index (Phi) is 4.22. The van der Waals surface area contributed by atoms with E-state index in [2.05, 4.69) is 12.6 Å². The van der Waals surface area contributed by atoms with Gasteiger partial charge in [0, 0.05) is 18.5 Å². The van der Waals surface area contributed by atoms with Crippen molar-refractivity contribution in [3.8, 4) is 0 Å². The van der Waals surface area contributed by atoms with Crippen LogP contribution in [0.2, 0.25) is 0 Å². The maximum Gasteiger partial charge on any atom is 0.256 e. The average molecular weight is 275 g/mol. The second kappa shape index (κ2) is 5.89. The molecule has 2 aromatic rings. The molecule has 0 saturated heterocycles. The Morgan fingerprint density at radius 2 is 1.89 bits per heavy atom. The van der Waals surface area contributed by atoms with Gasteiger partial charge in [-0.3, -0.25) is 4.79 Å². The highest BCUT2D eigenvalue weighted by molar-refractivity contribution is 7.80. The van der Waals surface area contributed by atoms with Crippen LogP contribution < -0.4 is 0 Å². The third-order valence-corrected chi connectivity index (χ3v) is 3.07. The standard InChI is InChI=1S/C15H14FNOS/c1-17(10-11-5-3-2-4-6-11)15(18)13-9-12(19)7-8-14(13)16/h2-9,19H,10H2,1H3. The lowest BCUT2D eigenvalue weighted by atomic mass is 10.1.